The number of rotatable bonds is 2. The molecule has 13 heavy (non-hydrogen) atoms. The van der Waals surface area contributed by atoms with E-state index in [0.717, 1.165) is 0 Å². The lowest BCUT2D eigenvalue weighted by atomic mass is 10.4. The first-order chi connectivity index (χ1) is 6.26. The number of ether oxygens (including phenoxy) is 1. The zero-order valence-corrected chi connectivity index (χ0v) is 7.80. The van der Waals surface area contributed by atoms with Gasteiger partial charge in [0.25, 0.3) is 0 Å². The molecule has 4 heteroatoms. The number of carbonyl (C=O) groups excluding carboxylic acids is 1. The molecule has 0 unspecified atom stereocenters. The van der Waals surface area contributed by atoms with Crippen molar-refractivity contribution in [1.82, 2.24) is 4.98 Å². The van der Waals surface area contributed by atoms with E-state index >= 15 is 0 Å². The molecule has 0 N–H and O–H groups in total. The van der Waals surface area contributed by atoms with Crippen LogP contribution in [0, 0.1) is 12.3 Å². The van der Waals surface area contributed by atoms with Gasteiger partial charge in [-0.25, -0.2) is 9.78 Å². The second-order valence-corrected chi connectivity index (χ2v) is 2.94. The molecule has 0 aliphatic rings. The molecule has 0 amide bonds. The number of aromatic nitrogens is 1. The van der Waals surface area contributed by atoms with Crippen LogP contribution in [0.4, 0.5) is 0 Å². The summed E-state index contributed by atoms with van der Waals surface area (Å²) in [6, 6.07) is 0. The summed E-state index contributed by atoms with van der Waals surface area (Å²) in [7, 11) is 1.32. The Morgan fingerprint density at radius 2 is 2.62 bits per heavy atom. The molecule has 0 fully saturated rings. The number of nitrogens with zero attached hydrogens (tertiary/aromatic N) is 1. The summed E-state index contributed by atoms with van der Waals surface area (Å²) in [6.45, 7) is 0. The quantitative estimate of drug-likeness (QED) is 0.404. The van der Waals surface area contributed by atoms with Crippen molar-refractivity contribution in [2.45, 2.75) is 0 Å². The molecule has 0 aliphatic carbocycles. The summed E-state index contributed by atoms with van der Waals surface area (Å²) in [5.74, 6) is 2.00. The normalized spacial score (nSPS) is 9.85. The van der Waals surface area contributed by atoms with Crippen LogP contribution >= 0.6 is 11.3 Å². The molecule has 0 bridgehead atoms. The van der Waals surface area contributed by atoms with Crippen LogP contribution in [0.2, 0.25) is 0 Å². The van der Waals surface area contributed by atoms with Gasteiger partial charge in [0.15, 0.2) is 5.01 Å². The maximum Gasteiger partial charge on any atom is 0.330 e. The zero-order valence-electron chi connectivity index (χ0n) is 6.98. The van der Waals surface area contributed by atoms with Gasteiger partial charge in [-0.15, -0.1) is 17.8 Å². The van der Waals surface area contributed by atoms with E-state index in [1.807, 2.05) is 0 Å². The van der Waals surface area contributed by atoms with Gasteiger partial charge in [-0.05, 0) is 12.0 Å². The Labute approximate surface area is 80.1 Å². The third-order valence-corrected chi connectivity index (χ3v) is 2.03. The molecule has 0 saturated heterocycles. The second-order valence-electron chi connectivity index (χ2n) is 2.08. The van der Waals surface area contributed by atoms with Crippen molar-refractivity contribution in [3.05, 3.63) is 22.2 Å². The van der Waals surface area contributed by atoms with E-state index in [1.54, 1.807) is 11.5 Å². The maximum atomic E-state index is 10.7. The van der Waals surface area contributed by atoms with Crippen molar-refractivity contribution in [2.24, 2.45) is 0 Å². The largest absolute Gasteiger partial charge is 0.466 e. The van der Waals surface area contributed by atoms with Gasteiger partial charge >= 0.3 is 5.97 Å². The van der Waals surface area contributed by atoms with E-state index < -0.39 is 5.97 Å². The Balaban J connectivity index is 2.70. The number of esters is 1. The fourth-order valence-electron chi connectivity index (χ4n) is 0.650. The van der Waals surface area contributed by atoms with E-state index in [9.17, 15) is 4.79 Å². The number of hydrogen-bond acceptors (Lipinski definition) is 4. The van der Waals surface area contributed by atoms with Gasteiger partial charge < -0.3 is 4.74 Å². The smallest absolute Gasteiger partial charge is 0.330 e. The first-order valence-electron chi connectivity index (χ1n) is 3.44. The molecule has 0 aliphatic heterocycles. The Morgan fingerprint density at radius 3 is 3.15 bits per heavy atom. The Kier molecular flexibility index (Phi) is 3.23. The Morgan fingerprint density at radius 1 is 1.85 bits per heavy atom. The summed E-state index contributed by atoms with van der Waals surface area (Å²) >= 11 is 1.36. The number of hydrogen-bond donors (Lipinski definition) is 0. The molecule has 0 spiro atoms. The second kappa shape index (κ2) is 4.43. The molecular weight excluding hydrogens is 186 g/mol. The molecule has 3 nitrogen and oxygen atoms in total. The van der Waals surface area contributed by atoms with E-state index in [0.29, 0.717) is 10.7 Å². The molecule has 1 heterocycles. The van der Waals surface area contributed by atoms with Crippen LogP contribution in [0.3, 0.4) is 0 Å². The average Bonchev–Trinajstić information content (AvgIpc) is 2.61. The van der Waals surface area contributed by atoms with Crippen molar-refractivity contribution >= 4 is 23.4 Å². The summed E-state index contributed by atoms with van der Waals surface area (Å²) in [5, 5.41) is 2.37. The molecule has 1 aromatic rings. The minimum absolute atomic E-state index is 0.407. The van der Waals surface area contributed by atoms with Gasteiger partial charge in [-0.1, -0.05) is 0 Å². The van der Waals surface area contributed by atoms with Gasteiger partial charge in [-0.3, -0.25) is 0 Å². The lowest BCUT2D eigenvalue weighted by Crippen LogP contribution is -1.93. The SMILES string of the molecule is C#Cc1nc(/C=C/C(=O)OC)cs1. The van der Waals surface area contributed by atoms with Gasteiger partial charge in [0.05, 0.1) is 12.8 Å². The van der Waals surface area contributed by atoms with Crippen molar-refractivity contribution in [3.8, 4) is 12.3 Å². The van der Waals surface area contributed by atoms with Crippen LogP contribution < -0.4 is 0 Å². The summed E-state index contributed by atoms with van der Waals surface area (Å²) in [6.07, 6.45) is 7.99. The third kappa shape index (κ3) is 2.73. The minimum atomic E-state index is -0.407. The van der Waals surface area contributed by atoms with E-state index in [2.05, 4.69) is 15.6 Å². The third-order valence-electron chi connectivity index (χ3n) is 1.24. The van der Waals surface area contributed by atoms with E-state index in [-0.39, 0.29) is 0 Å². The predicted octanol–water partition coefficient (Wildman–Crippen LogP) is 1.31. The molecule has 66 valence electrons. The van der Waals surface area contributed by atoms with Crippen LogP contribution in [-0.4, -0.2) is 18.1 Å². The highest BCUT2D eigenvalue weighted by Gasteiger charge is 1.96. The molecule has 0 saturated carbocycles. The Hall–Kier alpha value is -1.60. The van der Waals surface area contributed by atoms with Crippen molar-refractivity contribution in [2.75, 3.05) is 7.11 Å². The lowest BCUT2D eigenvalue weighted by molar-refractivity contribution is -0.134. The fraction of sp³-hybridized carbons (Fsp3) is 0.111. The van der Waals surface area contributed by atoms with Gasteiger partial charge in [-0.2, -0.15) is 0 Å². The standard InChI is InChI=1S/C9H7NO2S/c1-3-8-10-7(6-13-8)4-5-9(11)12-2/h1,4-6H,2H3/b5-4+. The topological polar surface area (TPSA) is 39.2 Å². The van der Waals surface area contributed by atoms with Gasteiger partial charge in [0.1, 0.15) is 0 Å². The number of terminal acetylenes is 1. The fourth-order valence-corrected chi connectivity index (χ4v) is 1.24. The summed E-state index contributed by atoms with van der Waals surface area (Å²) in [5.41, 5.74) is 0.670. The summed E-state index contributed by atoms with van der Waals surface area (Å²) < 4.78 is 4.41. The maximum absolute atomic E-state index is 10.7. The van der Waals surface area contributed by atoms with Crippen LogP contribution in [0.1, 0.15) is 10.7 Å². The van der Waals surface area contributed by atoms with Crippen molar-refractivity contribution < 1.29 is 9.53 Å². The molecule has 1 aromatic heterocycles. The average molecular weight is 193 g/mol. The van der Waals surface area contributed by atoms with Crippen molar-refractivity contribution in [1.29, 1.82) is 0 Å². The van der Waals surface area contributed by atoms with Crippen LogP contribution in [0.25, 0.3) is 6.08 Å². The number of thiazole rings is 1. The summed E-state index contributed by atoms with van der Waals surface area (Å²) in [4.78, 5) is 14.7. The zero-order chi connectivity index (χ0) is 9.68. The molecule has 0 atom stereocenters. The monoisotopic (exact) mass is 193 g/mol. The first kappa shape index (κ1) is 9.49. The molecular formula is C9H7NO2S. The highest BCUT2D eigenvalue weighted by atomic mass is 32.1. The van der Waals surface area contributed by atoms with Gasteiger partial charge in [0.2, 0.25) is 0 Å². The highest BCUT2D eigenvalue weighted by Crippen LogP contribution is 2.09. The van der Waals surface area contributed by atoms with Crippen molar-refractivity contribution in [3.63, 3.8) is 0 Å². The lowest BCUT2D eigenvalue weighted by Gasteiger charge is -1.87. The van der Waals surface area contributed by atoms with Crippen LogP contribution in [-0.2, 0) is 9.53 Å². The first-order valence-corrected chi connectivity index (χ1v) is 4.32. The number of methoxy groups -OCH3 is 1. The van der Waals surface area contributed by atoms with E-state index in [1.165, 1.54) is 24.5 Å². The predicted molar refractivity (Wildman–Crippen MR) is 51.1 cm³/mol. The molecule has 0 radical (unpaired) electrons. The number of carbonyl (C=O) groups is 1. The van der Waals surface area contributed by atoms with Crippen LogP contribution in [0.15, 0.2) is 11.5 Å². The molecule has 1 rings (SSSR count). The molecule has 0 aromatic carbocycles. The highest BCUT2D eigenvalue weighted by molar-refractivity contribution is 7.10. The Bertz CT molecular complexity index is 373. The van der Waals surface area contributed by atoms with E-state index in [4.69, 9.17) is 6.42 Å². The van der Waals surface area contributed by atoms with Crippen LogP contribution in [0.5, 0.6) is 0 Å². The van der Waals surface area contributed by atoms with Gasteiger partial charge in [0, 0.05) is 11.5 Å². The minimum Gasteiger partial charge on any atom is -0.466 e.